The van der Waals surface area contributed by atoms with E-state index in [-0.39, 0.29) is 22.4 Å². The van der Waals surface area contributed by atoms with E-state index in [1.807, 2.05) is 0 Å². The summed E-state index contributed by atoms with van der Waals surface area (Å²) in [6.45, 7) is 3.59. The SMILES string of the molecule is CNC(=O)C(Nc1ccc(S(C)(=O)=O)cc1[N+](=O)[O-])C(C)C. The lowest BCUT2D eigenvalue weighted by molar-refractivity contribution is -0.384. The topological polar surface area (TPSA) is 118 Å². The van der Waals surface area contributed by atoms with Crippen LogP contribution < -0.4 is 10.6 Å². The number of hydrogen-bond donors (Lipinski definition) is 2. The van der Waals surface area contributed by atoms with Crippen molar-refractivity contribution in [3.05, 3.63) is 28.3 Å². The predicted molar refractivity (Wildman–Crippen MR) is 82.5 cm³/mol. The molecule has 0 aromatic heterocycles. The monoisotopic (exact) mass is 329 g/mol. The first-order chi connectivity index (χ1) is 10.1. The Hall–Kier alpha value is -2.16. The number of nitrogens with zero attached hydrogens (tertiary/aromatic N) is 1. The molecule has 0 fully saturated rings. The molecule has 1 rings (SSSR count). The van der Waals surface area contributed by atoms with Gasteiger partial charge in [-0.2, -0.15) is 0 Å². The fourth-order valence-electron chi connectivity index (χ4n) is 1.87. The molecule has 0 spiro atoms. The summed E-state index contributed by atoms with van der Waals surface area (Å²) in [5, 5.41) is 16.5. The van der Waals surface area contributed by atoms with E-state index in [4.69, 9.17) is 0 Å². The van der Waals surface area contributed by atoms with Gasteiger partial charge in [-0.05, 0) is 18.1 Å². The number of likely N-dealkylation sites (N-methyl/N-ethyl adjacent to an activating group) is 1. The van der Waals surface area contributed by atoms with Gasteiger partial charge >= 0.3 is 0 Å². The first kappa shape index (κ1) is 17.9. The zero-order valence-corrected chi connectivity index (χ0v) is 13.6. The van der Waals surface area contributed by atoms with Crippen molar-refractivity contribution >= 4 is 27.1 Å². The summed E-state index contributed by atoms with van der Waals surface area (Å²) in [7, 11) is -2.08. The molecule has 9 heteroatoms. The molecule has 0 bridgehead atoms. The summed E-state index contributed by atoms with van der Waals surface area (Å²) in [6.07, 6.45) is 0.973. The quantitative estimate of drug-likeness (QED) is 0.597. The van der Waals surface area contributed by atoms with Crippen LogP contribution in [0.5, 0.6) is 0 Å². The highest BCUT2D eigenvalue weighted by Crippen LogP contribution is 2.29. The van der Waals surface area contributed by atoms with Crippen LogP contribution in [0.3, 0.4) is 0 Å². The third-order valence-corrected chi connectivity index (χ3v) is 4.21. The Balaban J connectivity index is 3.30. The van der Waals surface area contributed by atoms with Crippen molar-refractivity contribution < 1.29 is 18.1 Å². The van der Waals surface area contributed by atoms with Crippen LogP contribution in [-0.2, 0) is 14.6 Å². The van der Waals surface area contributed by atoms with Crippen molar-refractivity contribution in [3.63, 3.8) is 0 Å². The van der Waals surface area contributed by atoms with Gasteiger partial charge in [0.2, 0.25) is 5.91 Å². The smallest absolute Gasteiger partial charge is 0.293 e. The van der Waals surface area contributed by atoms with Crippen LogP contribution in [-0.4, -0.2) is 38.6 Å². The van der Waals surface area contributed by atoms with E-state index in [1.165, 1.54) is 19.2 Å². The molecule has 1 atom stereocenters. The zero-order chi connectivity index (χ0) is 17.1. The number of anilines is 1. The maximum atomic E-state index is 11.8. The highest BCUT2D eigenvalue weighted by molar-refractivity contribution is 7.90. The minimum absolute atomic E-state index is 0.0969. The van der Waals surface area contributed by atoms with E-state index in [1.54, 1.807) is 13.8 Å². The molecule has 0 radical (unpaired) electrons. The normalized spacial score (nSPS) is 12.8. The van der Waals surface area contributed by atoms with Crippen LogP contribution >= 0.6 is 0 Å². The molecule has 122 valence electrons. The lowest BCUT2D eigenvalue weighted by Crippen LogP contribution is -2.41. The third-order valence-electron chi connectivity index (χ3n) is 3.10. The van der Waals surface area contributed by atoms with E-state index < -0.39 is 26.5 Å². The van der Waals surface area contributed by atoms with E-state index in [2.05, 4.69) is 10.6 Å². The van der Waals surface area contributed by atoms with Crippen LogP contribution in [0, 0.1) is 16.0 Å². The minimum Gasteiger partial charge on any atom is -0.368 e. The lowest BCUT2D eigenvalue weighted by Gasteiger charge is -2.21. The van der Waals surface area contributed by atoms with Crippen molar-refractivity contribution in [2.75, 3.05) is 18.6 Å². The Morgan fingerprint density at radius 3 is 2.32 bits per heavy atom. The summed E-state index contributed by atoms with van der Waals surface area (Å²) in [5.74, 6) is -0.425. The number of nitro benzene ring substituents is 1. The summed E-state index contributed by atoms with van der Waals surface area (Å²) in [6, 6.07) is 2.88. The number of nitrogens with one attached hydrogen (secondary N) is 2. The molecular formula is C13H19N3O5S. The second-order valence-corrected chi connectivity index (χ2v) is 7.20. The number of hydrogen-bond acceptors (Lipinski definition) is 6. The molecule has 0 aliphatic heterocycles. The van der Waals surface area contributed by atoms with Crippen molar-refractivity contribution in [3.8, 4) is 0 Å². The highest BCUT2D eigenvalue weighted by Gasteiger charge is 2.25. The van der Waals surface area contributed by atoms with E-state index in [9.17, 15) is 23.3 Å². The van der Waals surface area contributed by atoms with E-state index in [0.29, 0.717) is 0 Å². The summed E-state index contributed by atoms with van der Waals surface area (Å²) < 4.78 is 23.0. The summed E-state index contributed by atoms with van der Waals surface area (Å²) >= 11 is 0. The molecule has 22 heavy (non-hydrogen) atoms. The molecule has 1 unspecified atom stereocenters. The molecular weight excluding hydrogens is 310 g/mol. The Morgan fingerprint density at radius 2 is 1.91 bits per heavy atom. The van der Waals surface area contributed by atoms with Gasteiger partial charge in [0.05, 0.1) is 9.82 Å². The average molecular weight is 329 g/mol. The fraction of sp³-hybridized carbons (Fsp3) is 0.462. The van der Waals surface area contributed by atoms with Crippen molar-refractivity contribution in [1.82, 2.24) is 5.32 Å². The number of carbonyl (C=O) groups excluding carboxylic acids is 1. The van der Waals surface area contributed by atoms with Gasteiger partial charge in [0.1, 0.15) is 11.7 Å². The van der Waals surface area contributed by atoms with Crippen molar-refractivity contribution in [1.29, 1.82) is 0 Å². The molecule has 1 amide bonds. The number of carbonyl (C=O) groups is 1. The van der Waals surface area contributed by atoms with Gasteiger partial charge < -0.3 is 10.6 Å². The van der Waals surface area contributed by atoms with Crippen molar-refractivity contribution in [2.45, 2.75) is 24.8 Å². The Bertz CT molecular complexity index is 685. The number of sulfone groups is 1. The third kappa shape index (κ3) is 4.17. The van der Waals surface area contributed by atoms with E-state index >= 15 is 0 Å². The van der Waals surface area contributed by atoms with Crippen LogP contribution in [0.4, 0.5) is 11.4 Å². The highest BCUT2D eigenvalue weighted by atomic mass is 32.2. The maximum Gasteiger partial charge on any atom is 0.293 e. The second-order valence-electron chi connectivity index (χ2n) is 5.19. The van der Waals surface area contributed by atoms with E-state index in [0.717, 1.165) is 12.3 Å². The summed E-state index contributed by atoms with van der Waals surface area (Å²) in [5.41, 5.74) is -0.294. The Morgan fingerprint density at radius 1 is 1.32 bits per heavy atom. The predicted octanol–water partition coefficient (Wildman–Crippen LogP) is 1.18. The Kier molecular flexibility index (Phi) is 5.48. The van der Waals surface area contributed by atoms with Crippen LogP contribution in [0.2, 0.25) is 0 Å². The van der Waals surface area contributed by atoms with Gasteiger partial charge in [0, 0.05) is 19.4 Å². The Labute approximate surface area is 129 Å². The number of nitro groups is 1. The van der Waals surface area contributed by atoms with Gasteiger partial charge in [-0.25, -0.2) is 8.42 Å². The van der Waals surface area contributed by atoms with Gasteiger partial charge in [-0.1, -0.05) is 13.8 Å². The number of amides is 1. The molecule has 0 aliphatic rings. The molecule has 0 saturated heterocycles. The molecule has 1 aromatic carbocycles. The second kappa shape index (κ2) is 6.73. The molecule has 2 N–H and O–H groups in total. The maximum absolute atomic E-state index is 11.8. The summed E-state index contributed by atoms with van der Waals surface area (Å²) in [4.78, 5) is 22.2. The van der Waals surface area contributed by atoms with Gasteiger partial charge in [0.15, 0.2) is 9.84 Å². The molecule has 8 nitrogen and oxygen atoms in total. The van der Waals surface area contributed by atoms with Gasteiger partial charge in [-0.15, -0.1) is 0 Å². The average Bonchev–Trinajstić information content (AvgIpc) is 2.42. The lowest BCUT2D eigenvalue weighted by atomic mass is 10.0. The van der Waals surface area contributed by atoms with Crippen LogP contribution in [0.1, 0.15) is 13.8 Å². The molecule has 1 aromatic rings. The molecule has 0 aliphatic carbocycles. The van der Waals surface area contributed by atoms with Gasteiger partial charge in [0.25, 0.3) is 5.69 Å². The standard InChI is InChI=1S/C13H19N3O5S/c1-8(2)12(13(17)14-3)15-10-6-5-9(22(4,20)21)7-11(10)16(18)19/h5-8,12,15H,1-4H3,(H,14,17). The minimum atomic E-state index is -3.55. The zero-order valence-electron chi connectivity index (χ0n) is 12.8. The number of benzene rings is 1. The van der Waals surface area contributed by atoms with Gasteiger partial charge in [-0.3, -0.25) is 14.9 Å². The van der Waals surface area contributed by atoms with Crippen molar-refractivity contribution in [2.24, 2.45) is 5.92 Å². The van der Waals surface area contributed by atoms with Crippen LogP contribution in [0.25, 0.3) is 0 Å². The fourth-order valence-corrected chi connectivity index (χ4v) is 2.51. The largest absolute Gasteiger partial charge is 0.368 e. The molecule has 0 heterocycles. The van der Waals surface area contributed by atoms with Crippen LogP contribution in [0.15, 0.2) is 23.1 Å². The number of rotatable bonds is 6. The molecule has 0 saturated carbocycles. The first-order valence-corrected chi connectivity index (χ1v) is 8.43. The first-order valence-electron chi connectivity index (χ1n) is 6.54.